The van der Waals surface area contributed by atoms with Crippen LogP contribution in [0.2, 0.25) is 0 Å². The Morgan fingerprint density at radius 1 is 1.42 bits per heavy atom. The fourth-order valence-corrected chi connectivity index (χ4v) is 2.13. The summed E-state index contributed by atoms with van der Waals surface area (Å²) in [6.07, 6.45) is 1.57. The van der Waals surface area contributed by atoms with E-state index in [1.54, 1.807) is 29.3 Å². The Morgan fingerprint density at radius 3 is 2.79 bits per heavy atom. The average Bonchev–Trinajstić information content (AvgIpc) is 2.43. The zero-order valence-electron chi connectivity index (χ0n) is 10.3. The number of hydrogen-bond acceptors (Lipinski definition) is 5. The fraction of sp³-hybridized carbons (Fsp3) is 0.167. The molecule has 2 aromatic rings. The third-order valence-electron chi connectivity index (χ3n) is 2.57. The van der Waals surface area contributed by atoms with E-state index in [4.69, 9.17) is 5.84 Å². The maximum absolute atomic E-state index is 13.9. The van der Waals surface area contributed by atoms with Crippen LogP contribution < -0.4 is 16.2 Å². The Labute approximate surface area is 118 Å². The first kappa shape index (κ1) is 13.7. The van der Waals surface area contributed by atoms with Crippen LogP contribution in [0.3, 0.4) is 0 Å². The van der Waals surface area contributed by atoms with Crippen molar-refractivity contribution in [2.75, 3.05) is 16.9 Å². The predicted molar refractivity (Wildman–Crippen MR) is 76.6 cm³/mol. The van der Waals surface area contributed by atoms with E-state index < -0.39 is 0 Å². The molecule has 0 aliphatic carbocycles. The van der Waals surface area contributed by atoms with Crippen LogP contribution in [0.1, 0.15) is 6.92 Å². The molecule has 0 radical (unpaired) electrons. The topological polar surface area (TPSA) is 67.1 Å². The molecule has 1 aromatic carbocycles. The largest absolute Gasteiger partial charge is 0.323 e. The van der Waals surface area contributed by atoms with E-state index in [0.29, 0.717) is 22.5 Å². The van der Waals surface area contributed by atoms with Gasteiger partial charge < -0.3 is 4.90 Å². The van der Waals surface area contributed by atoms with Gasteiger partial charge in [0, 0.05) is 12.7 Å². The van der Waals surface area contributed by atoms with Gasteiger partial charge in [-0.15, -0.1) is 0 Å². The van der Waals surface area contributed by atoms with Gasteiger partial charge in [0.15, 0.2) is 5.82 Å². The molecule has 1 aromatic heterocycles. The zero-order chi connectivity index (χ0) is 13.8. The van der Waals surface area contributed by atoms with Crippen molar-refractivity contribution in [3.8, 4) is 0 Å². The Bertz CT molecular complexity index is 578. The highest BCUT2D eigenvalue weighted by atomic mass is 79.9. The van der Waals surface area contributed by atoms with Crippen LogP contribution in [-0.4, -0.2) is 16.5 Å². The molecule has 0 spiro atoms. The van der Waals surface area contributed by atoms with Crippen molar-refractivity contribution in [2.24, 2.45) is 5.84 Å². The number of hydrazine groups is 1. The lowest BCUT2D eigenvalue weighted by molar-refractivity contribution is 0.625. The first-order chi connectivity index (χ1) is 9.17. The molecule has 0 amide bonds. The average molecular weight is 326 g/mol. The number of benzene rings is 1. The Morgan fingerprint density at radius 2 is 2.16 bits per heavy atom. The molecule has 0 bridgehead atoms. The van der Waals surface area contributed by atoms with Crippen LogP contribution in [0.5, 0.6) is 0 Å². The Hall–Kier alpha value is -1.73. The number of halogens is 2. The molecule has 19 heavy (non-hydrogen) atoms. The molecule has 0 saturated heterocycles. The second-order valence-corrected chi connectivity index (χ2v) is 4.56. The van der Waals surface area contributed by atoms with Gasteiger partial charge in [-0.2, -0.15) is 4.98 Å². The summed E-state index contributed by atoms with van der Waals surface area (Å²) in [5, 5.41) is 0. The minimum Gasteiger partial charge on any atom is -0.323 e. The predicted octanol–water partition coefficient (Wildman–Crippen LogP) is 2.82. The molecule has 0 aliphatic heterocycles. The molecule has 0 fully saturated rings. The lowest BCUT2D eigenvalue weighted by atomic mass is 10.2. The number of anilines is 3. The monoisotopic (exact) mass is 325 g/mol. The molecule has 100 valence electrons. The fourth-order valence-electron chi connectivity index (χ4n) is 1.72. The number of rotatable bonds is 4. The molecule has 3 N–H and O–H groups in total. The quantitative estimate of drug-likeness (QED) is 0.668. The minimum absolute atomic E-state index is 0.271. The normalized spacial score (nSPS) is 10.3. The molecular formula is C12H13BrFN5. The number of nitrogens with two attached hydrogens (primary N) is 1. The lowest BCUT2D eigenvalue weighted by Gasteiger charge is -2.23. The van der Waals surface area contributed by atoms with Crippen molar-refractivity contribution in [1.29, 1.82) is 0 Å². The van der Waals surface area contributed by atoms with Crippen molar-refractivity contribution in [3.05, 3.63) is 40.8 Å². The standard InChI is InChI=1S/C12H13BrFN5/c1-2-19(10-6-4-3-5-9(10)14)11-8(13)7-16-12(17-11)18-15/h3-7H,2,15H2,1H3,(H,16,17,18). The van der Waals surface area contributed by atoms with Gasteiger partial charge in [0.1, 0.15) is 5.82 Å². The molecule has 7 heteroatoms. The maximum atomic E-state index is 13.9. The van der Waals surface area contributed by atoms with Crippen molar-refractivity contribution in [1.82, 2.24) is 9.97 Å². The lowest BCUT2D eigenvalue weighted by Crippen LogP contribution is -2.21. The van der Waals surface area contributed by atoms with E-state index in [-0.39, 0.29) is 11.8 Å². The molecular weight excluding hydrogens is 313 g/mol. The zero-order valence-corrected chi connectivity index (χ0v) is 11.9. The molecule has 5 nitrogen and oxygen atoms in total. The first-order valence-corrected chi connectivity index (χ1v) is 6.48. The second-order valence-electron chi connectivity index (χ2n) is 3.71. The number of nitrogens with one attached hydrogen (secondary N) is 1. The summed E-state index contributed by atoms with van der Waals surface area (Å²) in [6, 6.07) is 6.53. The number of nitrogens with zero attached hydrogens (tertiary/aromatic N) is 3. The van der Waals surface area contributed by atoms with Crippen LogP contribution >= 0.6 is 15.9 Å². The smallest absolute Gasteiger partial charge is 0.239 e. The highest BCUT2D eigenvalue weighted by molar-refractivity contribution is 9.10. The van der Waals surface area contributed by atoms with Gasteiger partial charge in [-0.3, -0.25) is 5.43 Å². The summed E-state index contributed by atoms with van der Waals surface area (Å²) in [7, 11) is 0. The minimum atomic E-state index is -0.308. The van der Waals surface area contributed by atoms with Gasteiger partial charge in [-0.1, -0.05) is 12.1 Å². The summed E-state index contributed by atoms with van der Waals surface area (Å²) in [5.74, 6) is 5.81. The van der Waals surface area contributed by atoms with Crippen molar-refractivity contribution in [3.63, 3.8) is 0 Å². The van der Waals surface area contributed by atoms with E-state index in [1.807, 2.05) is 6.92 Å². The van der Waals surface area contributed by atoms with E-state index in [1.165, 1.54) is 6.07 Å². The van der Waals surface area contributed by atoms with Crippen molar-refractivity contribution < 1.29 is 4.39 Å². The molecule has 0 aliphatic rings. The van der Waals surface area contributed by atoms with E-state index in [0.717, 1.165) is 0 Å². The number of nitrogen functional groups attached to an aromatic ring is 1. The highest BCUT2D eigenvalue weighted by Gasteiger charge is 2.16. The van der Waals surface area contributed by atoms with Gasteiger partial charge in [0.2, 0.25) is 5.95 Å². The van der Waals surface area contributed by atoms with Gasteiger partial charge in [0.05, 0.1) is 10.2 Å². The first-order valence-electron chi connectivity index (χ1n) is 5.68. The Kier molecular flexibility index (Phi) is 4.28. The molecule has 2 rings (SSSR count). The number of aromatic nitrogens is 2. The van der Waals surface area contributed by atoms with E-state index in [9.17, 15) is 4.39 Å². The SMILES string of the molecule is CCN(c1ccccc1F)c1nc(NN)ncc1Br. The van der Waals surface area contributed by atoms with Crippen LogP contribution in [0.15, 0.2) is 34.9 Å². The van der Waals surface area contributed by atoms with Crippen molar-refractivity contribution >= 4 is 33.4 Å². The van der Waals surface area contributed by atoms with E-state index >= 15 is 0 Å². The third kappa shape index (κ3) is 2.82. The van der Waals surface area contributed by atoms with Gasteiger partial charge >= 0.3 is 0 Å². The second kappa shape index (κ2) is 5.94. The number of hydrogen-bond donors (Lipinski definition) is 2. The van der Waals surface area contributed by atoms with Crippen molar-refractivity contribution in [2.45, 2.75) is 6.92 Å². The van der Waals surface area contributed by atoms with Crippen LogP contribution in [0, 0.1) is 5.82 Å². The Balaban J connectivity index is 2.51. The molecule has 0 atom stereocenters. The summed E-state index contributed by atoms with van der Waals surface area (Å²) < 4.78 is 14.5. The number of para-hydroxylation sites is 1. The van der Waals surface area contributed by atoms with Gasteiger partial charge in [0.25, 0.3) is 0 Å². The third-order valence-corrected chi connectivity index (χ3v) is 3.13. The van der Waals surface area contributed by atoms with Gasteiger partial charge in [-0.25, -0.2) is 15.2 Å². The molecule has 0 saturated carbocycles. The summed E-state index contributed by atoms with van der Waals surface area (Å²) >= 11 is 3.37. The summed E-state index contributed by atoms with van der Waals surface area (Å²) in [6.45, 7) is 2.47. The maximum Gasteiger partial charge on any atom is 0.239 e. The molecule has 0 unspecified atom stereocenters. The van der Waals surface area contributed by atoms with Gasteiger partial charge in [-0.05, 0) is 35.0 Å². The van der Waals surface area contributed by atoms with Crippen LogP contribution in [0.25, 0.3) is 0 Å². The highest BCUT2D eigenvalue weighted by Crippen LogP contribution is 2.31. The molecule has 1 heterocycles. The summed E-state index contributed by atoms with van der Waals surface area (Å²) in [5.41, 5.74) is 2.83. The summed E-state index contributed by atoms with van der Waals surface area (Å²) in [4.78, 5) is 9.96. The van der Waals surface area contributed by atoms with Crippen LogP contribution in [0.4, 0.5) is 21.8 Å². The van der Waals surface area contributed by atoms with Crippen LogP contribution in [-0.2, 0) is 0 Å². The van der Waals surface area contributed by atoms with E-state index in [2.05, 4.69) is 31.3 Å².